The molecule has 0 radical (unpaired) electrons. The van der Waals surface area contributed by atoms with Crippen molar-refractivity contribution in [3.05, 3.63) is 71.7 Å². The Kier molecular flexibility index (Phi) is 5.14. The van der Waals surface area contributed by atoms with Crippen LogP contribution < -0.4 is 5.32 Å². The van der Waals surface area contributed by atoms with Crippen molar-refractivity contribution in [2.75, 3.05) is 20.8 Å². The molecule has 2 aromatic carbocycles. The molecule has 29 heavy (non-hydrogen) atoms. The molecule has 2 heterocycles. The summed E-state index contributed by atoms with van der Waals surface area (Å²) in [5.41, 5.74) is 4.28. The first-order valence-electron chi connectivity index (χ1n) is 9.37. The van der Waals surface area contributed by atoms with Crippen molar-refractivity contribution < 1.29 is 9.53 Å². The van der Waals surface area contributed by atoms with E-state index in [1.807, 2.05) is 60.1 Å². The maximum Gasteiger partial charge on any atom is 0.279 e. The van der Waals surface area contributed by atoms with E-state index in [9.17, 15) is 4.79 Å². The molecule has 3 aromatic rings. The lowest BCUT2D eigenvalue weighted by atomic mass is 10.1. The number of hydrogen-bond acceptors (Lipinski definition) is 5. The summed E-state index contributed by atoms with van der Waals surface area (Å²) in [4.78, 5) is 23.1. The van der Waals surface area contributed by atoms with Gasteiger partial charge in [-0.15, -0.1) is 0 Å². The summed E-state index contributed by atoms with van der Waals surface area (Å²) < 4.78 is 7.30. The van der Waals surface area contributed by atoms with Gasteiger partial charge in [-0.25, -0.2) is 9.98 Å². The van der Waals surface area contributed by atoms with Crippen LogP contribution in [0.5, 0.6) is 0 Å². The van der Waals surface area contributed by atoms with E-state index in [-0.39, 0.29) is 11.9 Å². The highest BCUT2D eigenvalue weighted by molar-refractivity contribution is 6.13. The zero-order chi connectivity index (χ0) is 20.4. The smallest absolute Gasteiger partial charge is 0.279 e. The van der Waals surface area contributed by atoms with Crippen molar-refractivity contribution in [2.45, 2.75) is 6.04 Å². The lowest BCUT2D eigenvalue weighted by molar-refractivity contribution is -0.121. The molecule has 1 N–H and O–H groups in total. The summed E-state index contributed by atoms with van der Waals surface area (Å²) in [6, 6.07) is 15.7. The Morgan fingerprint density at radius 3 is 2.72 bits per heavy atom. The maximum atomic E-state index is 12.7. The molecule has 1 aliphatic rings. The van der Waals surface area contributed by atoms with Gasteiger partial charge in [-0.1, -0.05) is 36.4 Å². The molecule has 0 spiro atoms. The zero-order valence-corrected chi connectivity index (χ0v) is 16.7. The van der Waals surface area contributed by atoms with E-state index in [4.69, 9.17) is 4.74 Å². The second kappa shape index (κ2) is 7.89. The Labute approximate surface area is 169 Å². The Morgan fingerprint density at radius 1 is 1.17 bits per heavy atom. The Hall–Kier alpha value is -3.45. The third-order valence-corrected chi connectivity index (χ3v) is 4.96. The summed E-state index contributed by atoms with van der Waals surface area (Å²) in [5.74, 6) is 0.357. The third kappa shape index (κ3) is 3.77. The SMILES string of the molecule is COC[C@H](NC1=N/C(=C\c2ccc3ncn(C)c3c2)C(=O)N1C)c1ccccc1. The van der Waals surface area contributed by atoms with E-state index in [0.29, 0.717) is 18.3 Å². The van der Waals surface area contributed by atoms with Gasteiger partial charge in [-0.2, -0.15) is 0 Å². The van der Waals surface area contributed by atoms with Crippen LogP contribution in [-0.4, -0.2) is 47.1 Å². The van der Waals surface area contributed by atoms with Crippen LogP contribution in [0.4, 0.5) is 0 Å². The van der Waals surface area contributed by atoms with Crippen LogP contribution in [-0.2, 0) is 16.6 Å². The minimum atomic E-state index is -0.151. The van der Waals surface area contributed by atoms with Crippen LogP contribution >= 0.6 is 0 Å². The van der Waals surface area contributed by atoms with E-state index in [1.165, 1.54) is 4.90 Å². The van der Waals surface area contributed by atoms with Crippen molar-refractivity contribution in [2.24, 2.45) is 12.0 Å². The highest BCUT2D eigenvalue weighted by Gasteiger charge is 2.28. The fourth-order valence-corrected chi connectivity index (χ4v) is 3.35. The minimum Gasteiger partial charge on any atom is -0.382 e. The number of benzene rings is 2. The zero-order valence-electron chi connectivity index (χ0n) is 16.7. The number of aliphatic imine (C=N–C) groups is 1. The number of amides is 1. The normalized spacial score (nSPS) is 16.5. The highest BCUT2D eigenvalue weighted by atomic mass is 16.5. The molecule has 0 unspecified atom stereocenters. The monoisotopic (exact) mass is 389 g/mol. The summed E-state index contributed by atoms with van der Waals surface area (Å²) >= 11 is 0. The van der Waals surface area contributed by atoms with Crippen LogP contribution in [0.15, 0.2) is 65.5 Å². The number of imidazole rings is 1. The quantitative estimate of drug-likeness (QED) is 0.681. The number of likely N-dealkylation sites (N-methyl/N-ethyl adjacent to an activating group) is 1. The fourth-order valence-electron chi connectivity index (χ4n) is 3.35. The van der Waals surface area contributed by atoms with E-state index in [2.05, 4.69) is 15.3 Å². The van der Waals surface area contributed by atoms with E-state index < -0.39 is 0 Å². The molecule has 148 valence electrons. The molecule has 0 fully saturated rings. The van der Waals surface area contributed by atoms with Crippen LogP contribution in [0.25, 0.3) is 17.1 Å². The second-order valence-electron chi connectivity index (χ2n) is 7.00. The van der Waals surface area contributed by atoms with Gasteiger partial charge < -0.3 is 14.6 Å². The first-order chi connectivity index (χ1) is 14.1. The lowest BCUT2D eigenvalue weighted by Gasteiger charge is -2.22. The van der Waals surface area contributed by atoms with Crippen LogP contribution in [0, 0.1) is 0 Å². The molecule has 1 amide bonds. The second-order valence-corrected chi connectivity index (χ2v) is 7.00. The molecule has 4 rings (SSSR count). The molecule has 1 aliphatic heterocycles. The van der Waals surface area contributed by atoms with Crippen molar-refractivity contribution in [1.82, 2.24) is 19.8 Å². The van der Waals surface area contributed by atoms with Crippen molar-refractivity contribution >= 4 is 29.0 Å². The van der Waals surface area contributed by atoms with E-state index in [1.54, 1.807) is 26.6 Å². The van der Waals surface area contributed by atoms with Gasteiger partial charge in [0.15, 0.2) is 0 Å². The molecular formula is C22H23N5O2. The topological polar surface area (TPSA) is 71.7 Å². The first-order valence-corrected chi connectivity index (χ1v) is 9.37. The van der Waals surface area contributed by atoms with Gasteiger partial charge in [0.05, 0.1) is 30.0 Å². The van der Waals surface area contributed by atoms with Gasteiger partial charge in [0.25, 0.3) is 5.91 Å². The summed E-state index contributed by atoms with van der Waals surface area (Å²) in [6.45, 7) is 0.460. The summed E-state index contributed by atoms with van der Waals surface area (Å²) in [6.07, 6.45) is 3.57. The van der Waals surface area contributed by atoms with Crippen LogP contribution in [0.2, 0.25) is 0 Å². The fraction of sp³-hybridized carbons (Fsp3) is 0.227. The standard InChI is InChI=1S/C22H23N5O2/c1-26-14-23-17-10-9-15(12-20(17)26)11-18-21(28)27(2)22(24-18)25-19(13-29-3)16-7-5-4-6-8-16/h4-12,14,19H,13H2,1-3H3,(H,24,25)/b18-11-/t19-/m0/s1. The Morgan fingerprint density at radius 2 is 1.97 bits per heavy atom. The molecule has 0 aliphatic carbocycles. The number of rotatable bonds is 5. The first kappa shape index (κ1) is 18.9. The number of fused-ring (bicyclic) bond motifs is 1. The number of aryl methyl sites for hydroxylation is 1. The molecule has 1 aromatic heterocycles. The number of hydrogen-bond donors (Lipinski definition) is 1. The number of carbonyl (C=O) groups is 1. The van der Waals surface area contributed by atoms with Crippen LogP contribution in [0.1, 0.15) is 17.2 Å². The van der Waals surface area contributed by atoms with Gasteiger partial charge in [0.1, 0.15) is 5.70 Å². The molecule has 0 saturated carbocycles. The average Bonchev–Trinajstić information content (AvgIpc) is 3.23. The number of methoxy groups -OCH3 is 1. The number of carbonyl (C=O) groups excluding carboxylic acids is 1. The largest absolute Gasteiger partial charge is 0.382 e. The van der Waals surface area contributed by atoms with E-state index in [0.717, 1.165) is 22.2 Å². The van der Waals surface area contributed by atoms with Gasteiger partial charge in [0.2, 0.25) is 5.96 Å². The number of ether oxygens (including phenoxy) is 1. The Balaban J connectivity index is 1.62. The van der Waals surface area contributed by atoms with Crippen molar-refractivity contribution in [1.29, 1.82) is 0 Å². The van der Waals surface area contributed by atoms with E-state index >= 15 is 0 Å². The predicted octanol–water partition coefficient (Wildman–Crippen LogP) is 2.72. The lowest BCUT2D eigenvalue weighted by Crippen LogP contribution is -2.41. The molecule has 0 saturated heterocycles. The van der Waals surface area contributed by atoms with Gasteiger partial charge >= 0.3 is 0 Å². The van der Waals surface area contributed by atoms with Gasteiger partial charge in [-0.05, 0) is 29.3 Å². The van der Waals surface area contributed by atoms with Crippen LogP contribution in [0.3, 0.4) is 0 Å². The highest BCUT2D eigenvalue weighted by Crippen LogP contribution is 2.21. The van der Waals surface area contributed by atoms with Gasteiger partial charge in [0, 0.05) is 21.2 Å². The number of nitrogens with one attached hydrogen (secondary N) is 1. The molecular weight excluding hydrogens is 366 g/mol. The molecule has 0 bridgehead atoms. The van der Waals surface area contributed by atoms with Crippen molar-refractivity contribution in [3.63, 3.8) is 0 Å². The van der Waals surface area contributed by atoms with Gasteiger partial charge in [-0.3, -0.25) is 9.69 Å². The van der Waals surface area contributed by atoms with Crippen molar-refractivity contribution in [3.8, 4) is 0 Å². The molecule has 1 atom stereocenters. The number of aromatic nitrogens is 2. The summed E-state index contributed by atoms with van der Waals surface area (Å²) in [5, 5.41) is 3.34. The number of nitrogens with zero attached hydrogens (tertiary/aromatic N) is 4. The minimum absolute atomic E-state index is 0.111. The molecule has 7 heteroatoms. The maximum absolute atomic E-state index is 12.7. The number of guanidine groups is 1. The Bertz CT molecular complexity index is 1100. The predicted molar refractivity (Wildman–Crippen MR) is 113 cm³/mol. The average molecular weight is 389 g/mol. The molecule has 7 nitrogen and oxygen atoms in total. The summed E-state index contributed by atoms with van der Waals surface area (Å²) in [7, 11) is 5.32. The third-order valence-electron chi connectivity index (χ3n) is 4.96.